The van der Waals surface area contributed by atoms with Crippen molar-refractivity contribution in [2.75, 3.05) is 0 Å². The molecule has 0 radical (unpaired) electrons. The van der Waals surface area contributed by atoms with Gasteiger partial charge < -0.3 is 5.11 Å². The molecule has 1 atom stereocenters. The fourth-order valence-electron chi connectivity index (χ4n) is 2.48. The van der Waals surface area contributed by atoms with Crippen LogP contribution in [0, 0.1) is 0 Å². The SMILES string of the molecule is OC(Cc1ccc2ccccc2c1)c1cccc(Br)c1Cl. The maximum absolute atomic E-state index is 10.4. The molecule has 0 amide bonds. The maximum atomic E-state index is 10.4. The summed E-state index contributed by atoms with van der Waals surface area (Å²) in [5, 5.41) is 13.4. The van der Waals surface area contributed by atoms with E-state index in [0.29, 0.717) is 11.4 Å². The summed E-state index contributed by atoms with van der Waals surface area (Å²) in [5.74, 6) is 0. The molecule has 0 aliphatic heterocycles. The number of hydrogen-bond acceptors (Lipinski definition) is 1. The number of aliphatic hydroxyl groups excluding tert-OH is 1. The Morgan fingerprint density at radius 3 is 2.52 bits per heavy atom. The number of hydrogen-bond donors (Lipinski definition) is 1. The quantitative estimate of drug-likeness (QED) is 0.650. The van der Waals surface area contributed by atoms with Crippen LogP contribution < -0.4 is 0 Å². The average molecular weight is 362 g/mol. The van der Waals surface area contributed by atoms with Gasteiger partial charge in [-0.15, -0.1) is 0 Å². The zero-order valence-electron chi connectivity index (χ0n) is 11.3. The van der Waals surface area contributed by atoms with Crippen LogP contribution in [-0.4, -0.2) is 5.11 Å². The Labute approximate surface area is 137 Å². The maximum Gasteiger partial charge on any atom is 0.0845 e. The minimum atomic E-state index is -0.615. The molecule has 0 saturated carbocycles. The number of halogens is 2. The molecule has 3 heteroatoms. The second kappa shape index (κ2) is 6.18. The van der Waals surface area contributed by atoms with Crippen molar-refractivity contribution in [1.29, 1.82) is 0 Å². The van der Waals surface area contributed by atoms with Crippen LogP contribution in [0.1, 0.15) is 17.2 Å². The van der Waals surface area contributed by atoms with Crippen LogP contribution in [0.25, 0.3) is 10.8 Å². The van der Waals surface area contributed by atoms with Crippen molar-refractivity contribution in [1.82, 2.24) is 0 Å². The predicted molar refractivity (Wildman–Crippen MR) is 91.8 cm³/mol. The smallest absolute Gasteiger partial charge is 0.0845 e. The van der Waals surface area contributed by atoms with Gasteiger partial charge in [0.15, 0.2) is 0 Å². The summed E-state index contributed by atoms with van der Waals surface area (Å²) in [6.45, 7) is 0. The standard InChI is InChI=1S/C18H14BrClO/c19-16-7-3-6-15(18(16)20)17(21)11-12-8-9-13-4-1-2-5-14(13)10-12/h1-10,17,21H,11H2. The fourth-order valence-corrected chi connectivity index (χ4v) is 3.11. The molecule has 0 saturated heterocycles. The van der Waals surface area contributed by atoms with Crippen molar-refractivity contribution in [3.63, 3.8) is 0 Å². The van der Waals surface area contributed by atoms with Gasteiger partial charge in [-0.1, -0.05) is 66.2 Å². The number of rotatable bonds is 3. The summed E-state index contributed by atoms with van der Waals surface area (Å²) in [5.41, 5.74) is 1.84. The van der Waals surface area contributed by atoms with Crippen molar-refractivity contribution in [2.24, 2.45) is 0 Å². The lowest BCUT2D eigenvalue weighted by Gasteiger charge is -2.14. The zero-order chi connectivity index (χ0) is 14.8. The molecular formula is C18H14BrClO. The molecule has 21 heavy (non-hydrogen) atoms. The molecule has 0 spiro atoms. The Hall–Kier alpha value is -1.35. The third kappa shape index (κ3) is 3.13. The van der Waals surface area contributed by atoms with Crippen molar-refractivity contribution in [3.05, 3.63) is 81.3 Å². The van der Waals surface area contributed by atoms with Gasteiger partial charge in [0.1, 0.15) is 0 Å². The summed E-state index contributed by atoms with van der Waals surface area (Å²) in [7, 11) is 0. The molecule has 1 N–H and O–H groups in total. The summed E-state index contributed by atoms with van der Waals surface area (Å²) in [4.78, 5) is 0. The first-order valence-corrected chi connectivity index (χ1v) is 7.92. The lowest BCUT2D eigenvalue weighted by Crippen LogP contribution is -2.02. The monoisotopic (exact) mass is 360 g/mol. The third-order valence-electron chi connectivity index (χ3n) is 3.58. The van der Waals surface area contributed by atoms with E-state index in [-0.39, 0.29) is 0 Å². The van der Waals surface area contributed by atoms with E-state index < -0.39 is 6.10 Å². The van der Waals surface area contributed by atoms with Crippen LogP contribution >= 0.6 is 27.5 Å². The predicted octanol–water partition coefficient (Wildman–Crippen LogP) is 5.53. The van der Waals surface area contributed by atoms with E-state index in [2.05, 4.69) is 46.3 Å². The van der Waals surface area contributed by atoms with Crippen LogP contribution in [0.15, 0.2) is 65.1 Å². The lowest BCUT2D eigenvalue weighted by molar-refractivity contribution is 0.178. The Morgan fingerprint density at radius 1 is 0.952 bits per heavy atom. The first-order chi connectivity index (χ1) is 10.1. The summed E-state index contributed by atoms with van der Waals surface area (Å²) in [6.07, 6.45) is -0.0720. The van der Waals surface area contributed by atoms with Crippen LogP contribution in [-0.2, 0) is 6.42 Å². The van der Waals surface area contributed by atoms with Crippen molar-refractivity contribution in [2.45, 2.75) is 12.5 Å². The molecule has 3 rings (SSSR count). The van der Waals surface area contributed by atoms with Crippen LogP contribution in [0.5, 0.6) is 0 Å². The Morgan fingerprint density at radius 2 is 1.71 bits per heavy atom. The summed E-state index contributed by atoms with van der Waals surface area (Å²) >= 11 is 9.63. The number of aliphatic hydroxyl groups is 1. The summed E-state index contributed by atoms with van der Waals surface area (Å²) in [6, 6.07) is 20.1. The van der Waals surface area contributed by atoms with E-state index in [1.54, 1.807) is 0 Å². The van der Waals surface area contributed by atoms with Crippen LogP contribution in [0.2, 0.25) is 5.02 Å². The summed E-state index contributed by atoms with van der Waals surface area (Å²) < 4.78 is 0.805. The molecule has 3 aromatic carbocycles. The normalized spacial score (nSPS) is 12.5. The highest BCUT2D eigenvalue weighted by Crippen LogP contribution is 2.32. The highest BCUT2D eigenvalue weighted by atomic mass is 79.9. The van der Waals surface area contributed by atoms with Crippen molar-refractivity contribution in [3.8, 4) is 0 Å². The fraction of sp³-hybridized carbons (Fsp3) is 0.111. The second-order valence-corrected chi connectivity index (χ2v) is 6.28. The van der Waals surface area contributed by atoms with E-state index >= 15 is 0 Å². The van der Waals surface area contributed by atoms with E-state index in [0.717, 1.165) is 15.6 Å². The Balaban J connectivity index is 1.89. The lowest BCUT2D eigenvalue weighted by atomic mass is 9.99. The molecule has 1 nitrogen and oxygen atoms in total. The van der Waals surface area contributed by atoms with Gasteiger partial charge >= 0.3 is 0 Å². The molecule has 3 aromatic rings. The molecule has 0 aliphatic carbocycles. The Bertz CT molecular complexity index is 785. The highest BCUT2D eigenvalue weighted by molar-refractivity contribution is 9.10. The molecule has 0 aromatic heterocycles. The molecule has 0 fully saturated rings. The second-order valence-electron chi connectivity index (χ2n) is 5.04. The van der Waals surface area contributed by atoms with Crippen LogP contribution in [0.4, 0.5) is 0 Å². The zero-order valence-corrected chi connectivity index (χ0v) is 13.6. The molecule has 0 heterocycles. The van der Waals surface area contributed by atoms with Gasteiger partial charge in [0.05, 0.1) is 11.1 Å². The minimum absolute atomic E-state index is 0.543. The first-order valence-electron chi connectivity index (χ1n) is 6.75. The number of benzene rings is 3. The molecular weight excluding hydrogens is 348 g/mol. The number of fused-ring (bicyclic) bond motifs is 1. The van der Waals surface area contributed by atoms with Gasteiger partial charge in [-0.05, 0) is 38.3 Å². The van der Waals surface area contributed by atoms with Crippen molar-refractivity contribution >= 4 is 38.3 Å². The van der Waals surface area contributed by atoms with Gasteiger partial charge in [0.2, 0.25) is 0 Å². The molecule has 106 valence electrons. The van der Waals surface area contributed by atoms with Gasteiger partial charge in [-0.2, -0.15) is 0 Å². The Kier molecular flexibility index (Phi) is 4.29. The van der Waals surface area contributed by atoms with E-state index in [1.165, 1.54) is 10.8 Å². The first kappa shape index (κ1) is 14.6. The minimum Gasteiger partial charge on any atom is -0.388 e. The molecule has 0 aliphatic rings. The highest BCUT2D eigenvalue weighted by Gasteiger charge is 2.14. The topological polar surface area (TPSA) is 20.2 Å². The van der Waals surface area contributed by atoms with Gasteiger partial charge in [-0.25, -0.2) is 0 Å². The van der Waals surface area contributed by atoms with Gasteiger partial charge in [-0.3, -0.25) is 0 Å². The van der Waals surface area contributed by atoms with E-state index in [4.69, 9.17) is 11.6 Å². The van der Waals surface area contributed by atoms with Gasteiger partial charge in [0, 0.05) is 16.5 Å². The van der Waals surface area contributed by atoms with E-state index in [9.17, 15) is 5.11 Å². The van der Waals surface area contributed by atoms with Crippen molar-refractivity contribution < 1.29 is 5.11 Å². The van der Waals surface area contributed by atoms with Gasteiger partial charge in [0.25, 0.3) is 0 Å². The molecule has 0 bridgehead atoms. The third-order valence-corrected chi connectivity index (χ3v) is 4.89. The van der Waals surface area contributed by atoms with Crippen LogP contribution in [0.3, 0.4) is 0 Å². The average Bonchev–Trinajstić information content (AvgIpc) is 2.50. The molecule has 1 unspecified atom stereocenters. The van der Waals surface area contributed by atoms with E-state index in [1.807, 2.05) is 30.3 Å². The largest absolute Gasteiger partial charge is 0.388 e.